The fraction of sp³-hybridized carbons (Fsp3) is 0.389. The first kappa shape index (κ1) is 16.6. The first-order valence-corrected chi connectivity index (χ1v) is 8.97. The van der Waals surface area contributed by atoms with E-state index in [0.717, 1.165) is 5.69 Å². The van der Waals surface area contributed by atoms with E-state index in [2.05, 4.69) is 24.0 Å². The Hall–Kier alpha value is -2.21. The molecule has 3 rings (SSSR count). The fourth-order valence-corrected chi connectivity index (χ4v) is 3.39. The van der Waals surface area contributed by atoms with Crippen LogP contribution in [0.5, 0.6) is 0 Å². The second-order valence-corrected chi connectivity index (χ2v) is 7.13. The summed E-state index contributed by atoms with van der Waals surface area (Å²) in [6, 6.07) is 5.94. The number of pyridine rings is 1. The molecular formula is C18H21N3O2S. The number of carbonyl (C=O) groups is 1. The molecule has 1 amide bonds. The second kappa shape index (κ2) is 6.73. The van der Waals surface area contributed by atoms with Crippen molar-refractivity contribution in [3.05, 3.63) is 45.4 Å². The molecule has 6 heteroatoms. The minimum atomic E-state index is -0.00787. The lowest BCUT2D eigenvalue weighted by Gasteiger charge is -2.21. The molecule has 0 aliphatic carbocycles. The van der Waals surface area contributed by atoms with E-state index in [1.807, 2.05) is 42.3 Å². The number of amides is 1. The zero-order chi connectivity index (χ0) is 17.3. The zero-order valence-electron chi connectivity index (χ0n) is 14.4. The van der Waals surface area contributed by atoms with Gasteiger partial charge in [-0.2, -0.15) is 0 Å². The van der Waals surface area contributed by atoms with Gasteiger partial charge in [-0.05, 0) is 37.3 Å². The standard InChI is InChI=1S/C18H21N3O2S/c1-5-21(10-13-7-6-8-24-13)18(22)14-9-15(11(2)3)19-17-16(14)12(4)20-23-17/h6-9,11H,5,10H2,1-4H3. The van der Waals surface area contributed by atoms with E-state index in [4.69, 9.17) is 4.52 Å². The van der Waals surface area contributed by atoms with E-state index in [1.54, 1.807) is 11.3 Å². The molecule has 0 unspecified atom stereocenters. The number of hydrogen-bond acceptors (Lipinski definition) is 5. The highest BCUT2D eigenvalue weighted by Crippen LogP contribution is 2.26. The third-order valence-electron chi connectivity index (χ3n) is 4.05. The average Bonchev–Trinajstić information content (AvgIpc) is 3.21. The zero-order valence-corrected chi connectivity index (χ0v) is 15.2. The number of nitrogens with zero attached hydrogens (tertiary/aromatic N) is 3. The van der Waals surface area contributed by atoms with E-state index >= 15 is 0 Å². The summed E-state index contributed by atoms with van der Waals surface area (Å²) in [4.78, 5) is 20.7. The summed E-state index contributed by atoms with van der Waals surface area (Å²) in [6.07, 6.45) is 0. The summed E-state index contributed by atoms with van der Waals surface area (Å²) in [7, 11) is 0. The molecule has 3 heterocycles. The lowest BCUT2D eigenvalue weighted by Crippen LogP contribution is -2.30. The van der Waals surface area contributed by atoms with E-state index in [0.29, 0.717) is 35.4 Å². The van der Waals surface area contributed by atoms with Crippen molar-refractivity contribution in [2.75, 3.05) is 6.54 Å². The summed E-state index contributed by atoms with van der Waals surface area (Å²) in [5.41, 5.74) is 2.60. The Morgan fingerprint density at radius 1 is 1.42 bits per heavy atom. The van der Waals surface area contributed by atoms with Crippen molar-refractivity contribution in [1.82, 2.24) is 15.0 Å². The number of aromatic nitrogens is 2. The molecule has 0 bridgehead atoms. The van der Waals surface area contributed by atoms with E-state index in [1.165, 1.54) is 4.88 Å². The van der Waals surface area contributed by atoms with Gasteiger partial charge in [-0.15, -0.1) is 11.3 Å². The number of aryl methyl sites for hydroxylation is 1. The number of hydrogen-bond donors (Lipinski definition) is 0. The lowest BCUT2D eigenvalue weighted by molar-refractivity contribution is 0.0756. The summed E-state index contributed by atoms with van der Waals surface area (Å²) >= 11 is 1.66. The van der Waals surface area contributed by atoms with E-state index < -0.39 is 0 Å². The van der Waals surface area contributed by atoms with E-state index in [-0.39, 0.29) is 11.8 Å². The number of rotatable bonds is 5. The van der Waals surface area contributed by atoms with Crippen molar-refractivity contribution in [2.24, 2.45) is 0 Å². The highest BCUT2D eigenvalue weighted by Gasteiger charge is 2.23. The summed E-state index contributed by atoms with van der Waals surface area (Å²) in [6.45, 7) is 9.19. The van der Waals surface area contributed by atoms with Crippen molar-refractivity contribution < 1.29 is 9.32 Å². The van der Waals surface area contributed by atoms with Crippen LogP contribution in [-0.4, -0.2) is 27.5 Å². The van der Waals surface area contributed by atoms with Crippen LogP contribution in [-0.2, 0) is 6.54 Å². The Bertz CT molecular complexity index is 853. The van der Waals surface area contributed by atoms with Crippen molar-refractivity contribution in [3.8, 4) is 0 Å². The van der Waals surface area contributed by atoms with Crippen LogP contribution >= 0.6 is 11.3 Å². The molecule has 5 nitrogen and oxygen atoms in total. The normalized spacial score (nSPS) is 11.4. The molecule has 0 aromatic carbocycles. The Morgan fingerprint density at radius 2 is 2.21 bits per heavy atom. The maximum Gasteiger partial charge on any atom is 0.259 e. The fourth-order valence-electron chi connectivity index (χ4n) is 2.67. The molecule has 3 aromatic rings. The van der Waals surface area contributed by atoms with Crippen LogP contribution in [0, 0.1) is 6.92 Å². The first-order chi connectivity index (χ1) is 11.5. The van der Waals surface area contributed by atoms with Crippen LogP contribution in [0.1, 0.15) is 53.3 Å². The molecule has 0 aliphatic rings. The minimum absolute atomic E-state index is 0.00787. The molecular weight excluding hydrogens is 322 g/mol. The van der Waals surface area contributed by atoms with Crippen LogP contribution < -0.4 is 0 Å². The van der Waals surface area contributed by atoms with Crippen LogP contribution in [0.4, 0.5) is 0 Å². The van der Waals surface area contributed by atoms with Gasteiger partial charge in [0, 0.05) is 17.1 Å². The smallest absolute Gasteiger partial charge is 0.259 e. The van der Waals surface area contributed by atoms with Crippen LogP contribution in [0.25, 0.3) is 11.1 Å². The Labute approximate surface area is 145 Å². The number of fused-ring (bicyclic) bond motifs is 1. The number of thiophene rings is 1. The SMILES string of the molecule is CCN(Cc1cccs1)C(=O)c1cc(C(C)C)nc2onc(C)c12. The quantitative estimate of drug-likeness (QED) is 0.690. The molecule has 0 fully saturated rings. The van der Waals surface area contributed by atoms with Gasteiger partial charge in [-0.3, -0.25) is 4.79 Å². The predicted molar refractivity (Wildman–Crippen MR) is 95.4 cm³/mol. The molecule has 0 spiro atoms. The van der Waals surface area contributed by atoms with Gasteiger partial charge in [0.1, 0.15) is 0 Å². The Kier molecular flexibility index (Phi) is 4.66. The third kappa shape index (κ3) is 3.06. The molecule has 0 atom stereocenters. The van der Waals surface area contributed by atoms with Crippen molar-refractivity contribution in [3.63, 3.8) is 0 Å². The van der Waals surface area contributed by atoms with Crippen LogP contribution in [0.15, 0.2) is 28.1 Å². The van der Waals surface area contributed by atoms with Gasteiger partial charge in [0.05, 0.1) is 23.2 Å². The predicted octanol–water partition coefficient (Wildman–Crippen LogP) is 4.38. The Morgan fingerprint density at radius 3 is 2.83 bits per heavy atom. The molecule has 0 saturated carbocycles. The van der Waals surface area contributed by atoms with Crippen molar-refractivity contribution >= 4 is 28.3 Å². The number of carbonyl (C=O) groups excluding carboxylic acids is 1. The molecule has 0 aliphatic heterocycles. The van der Waals surface area contributed by atoms with Crippen LogP contribution in [0.2, 0.25) is 0 Å². The highest BCUT2D eigenvalue weighted by atomic mass is 32.1. The van der Waals surface area contributed by atoms with Crippen LogP contribution in [0.3, 0.4) is 0 Å². The lowest BCUT2D eigenvalue weighted by atomic mass is 10.0. The highest BCUT2D eigenvalue weighted by molar-refractivity contribution is 7.09. The monoisotopic (exact) mass is 343 g/mol. The molecule has 0 saturated heterocycles. The molecule has 3 aromatic heterocycles. The average molecular weight is 343 g/mol. The third-order valence-corrected chi connectivity index (χ3v) is 4.92. The minimum Gasteiger partial charge on any atom is -0.336 e. The molecule has 0 radical (unpaired) electrons. The van der Waals surface area contributed by atoms with Gasteiger partial charge in [-0.1, -0.05) is 25.1 Å². The molecule has 0 N–H and O–H groups in total. The van der Waals surface area contributed by atoms with E-state index in [9.17, 15) is 4.79 Å². The second-order valence-electron chi connectivity index (χ2n) is 6.10. The first-order valence-electron chi connectivity index (χ1n) is 8.09. The van der Waals surface area contributed by atoms with Crippen molar-refractivity contribution in [1.29, 1.82) is 0 Å². The summed E-state index contributed by atoms with van der Waals surface area (Å²) in [5, 5.41) is 6.74. The summed E-state index contributed by atoms with van der Waals surface area (Å²) < 4.78 is 5.32. The van der Waals surface area contributed by atoms with Gasteiger partial charge < -0.3 is 9.42 Å². The topological polar surface area (TPSA) is 59.2 Å². The Balaban J connectivity index is 2.05. The van der Waals surface area contributed by atoms with Crippen molar-refractivity contribution in [2.45, 2.75) is 40.2 Å². The van der Waals surface area contributed by atoms with Gasteiger partial charge in [0.2, 0.25) is 0 Å². The maximum atomic E-state index is 13.2. The molecule has 126 valence electrons. The van der Waals surface area contributed by atoms with Gasteiger partial charge in [0.25, 0.3) is 11.6 Å². The van der Waals surface area contributed by atoms with Gasteiger partial charge >= 0.3 is 0 Å². The summed E-state index contributed by atoms with van der Waals surface area (Å²) in [5.74, 6) is 0.199. The maximum absolute atomic E-state index is 13.2. The van der Waals surface area contributed by atoms with Gasteiger partial charge in [0.15, 0.2) is 0 Å². The van der Waals surface area contributed by atoms with Gasteiger partial charge in [-0.25, -0.2) is 4.98 Å². The largest absolute Gasteiger partial charge is 0.336 e. The molecule has 24 heavy (non-hydrogen) atoms.